The van der Waals surface area contributed by atoms with Crippen LogP contribution < -0.4 is 15.4 Å². The number of anilines is 2. The van der Waals surface area contributed by atoms with E-state index in [2.05, 4.69) is 15.3 Å². The van der Waals surface area contributed by atoms with Crippen molar-refractivity contribution in [2.75, 3.05) is 23.7 Å². The van der Waals surface area contributed by atoms with Crippen LogP contribution in [0.25, 0.3) is 22.2 Å². The normalized spacial score (nSPS) is 16.3. The first kappa shape index (κ1) is 18.4. The fourth-order valence-electron chi connectivity index (χ4n) is 3.68. The molecule has 0 spiro atoms. The summed E-state index contributed by atoms with van der Waals surface area (Å²) in [6.45, 7) is -6.62. The molecule has 0 atom stereocenters. The molecule has 0 radical (unpaired) electrons. The monoisotopic (exact) mass is 589 g/mol. The third-order valence-corrected chi connectivity index (χ3v) is 6.10. The van der Waals surface area contributed by atoms with Crippen LogP contribution in [0.3, 0.4) is 0 Å². The van der Waals surface area contributed by atoms with Crippen LogP contribution >= 0.6 is 11.6 Å². The summed E-state index contributed by atoms with van der Waals surface area (Å²) in [6.07, 6.45) is -2.56. The van der Waals surface area contributed by atoms with Gasteiger partial charge in [-0.15, -0.1) is 0 Å². The molecule has 40 heavy (non-hydrogen) atoms. The number of aromatic nitrogens is 2. The van der Waals surface area contributed by atoms with Crippen LogP contribution in [0.5, 0.6) is 5.75 Å². The lowest BCUT2D eigenvalue weighted by Gasteiger charge is -2.12. The van der Waals surface area contributed by atoms with Crippen molar-refractivity contribution in [2.24, 2.45) is 0 Å². The third-order valence-electron chi connectivity index (χ3n) is 5.44. The summed E-state index contributed by atoms with van der Waals surface area (Å²) in [5.74, 6) is -0.0972. The Morgan fingerprint density at radius 1 is 1.10 bits per heavy atom. The molecule has 5 rings (SSSR count). The van der Waals surface area contributed by atoms with Gasteiger partial charge >= 0.3 is 0 Å². The van der Waals surface area contributed by atoms with Gasteiger partial charge in [-0.2, -0.15) is 0 Å². The SMILES string of the molecule is [2H]C([2H])(NC([2H])([2H])C([2H])([2H])S(=O)(=O)C([2H])([2H])[2H])c1ccc(-c2ccc3ncnc(Nc4ccc(OCc5cccc(F)c5)c(Cl)c4)c3c2)o1. The van der Waals surface area contributed by atoms with Gasteiger partial charge in [0.25, 0.3) is 0 Å². The molecular weight excluding hydrogens is 555 g/mol. The molecule has 0 aliphatic rings. The summed E-state index contributed by atoms with van der Waals surface area (Å²) in [5, 5.41) is 5.58. The summed E-state index contributed by atoms with van der Waals surface area (Å²) < 4.78 is 119. The van der Waals surface area contributed by atoms with E-state index in [1.165, 1.54) is 24.5 Å². The minimum atomic E-state index is -5.74. The predicted molar refractivity (Wildman–Crippen MR) is 154 cm³/mol. The zero-order valence-corrected chi connectivity index (χ0v) is 22.0. The Labute approximate surface area is 248 Å². The van der Waals surface area contributed by atoms with E-state index < -0.39 is 40.5 Å². The number of nitrogens with zero attached hydrogens (tertiary/aromatic N) is 2. The summed E-state index contributed by atoms with van der Waals surface area (Å²) in [6, 6.07) is 18.3. The summed E-state index contributed by atoms with van der Waals surface area (Å²) >= 11 is 6.44. The lowest BCUT2D eigenvalue weighted by atomic mass is 10.1. The number of nitrogens with one attached hydrogen (secondary N) is 2. The van der Waals surface area contributed by atoms with E-state index in [0.717, 1.165) is 6.07 Å². The largest absolute Gasteiger partial charge is 0.487 e. The van der Waals surface area contributed by atoms with Gasteiger partial charge in [0.05, 0.1) is 25.5 Å². The topological polar surface area (TPSA) is 106 Å². The molecule has 3 aromatic carbocycles. The Hall–Kier alpha value is -3.99. The van der Waals surface area contributed by atoms with Gasteiger partial charge in [-0.25, -0.2) is 22.8 Å². The second-order valence-electron chi connectivity index (χ2n) is 8.29. The molecule has 0 aliphatic carbocycles. The smallest absolute Gasteiger partial charge is 0.148 e. The van der Waals surface area contributed by atoms with E-state index in [0.29, 0.717) is 39.3 Å². The highest BCUT2D eigenvalue weighted by molar-refractivity contribution is 7.90. The van der Waals surface area contributed by atoms with Crippen molar-refractivity contribution in [1.29, 1.82) is 0 Å². The Morgan fingerprint density at radius 2 is 2.00 bits per heavy atom. The first-order valence-electron chi connectivity index (χ1n) is 16.0. The molecule has 8 nitrogen and oxygen atoms in total. The van der Waals surface area contributed by atoms with Crippen LogP contribution in [-0.2, 0) is 22.9 Å². The van der Waals surface area contributed by atoms with E-state index in [4.69, 9.17) is 33.1 Å². The van der Waals surface area contributed by atoms with Crippen LogP contribution in [0.4, 0.5) is 15.9 Å². The van der Waals surface area contributed by atoms with E-state index in [-0.39, 0.29) is 23.2 Å². The molecule has 0 saturated carbocycles. The molecule has 2 N–H and O–H groups in total. The number of benzene rings is 3. The quantitative estimate of drug-likeness (QED) is 0.189. The van der Waals surface area contributed by atoms with Crippen molar-refractivity contribution in [3.63, 3.8) is 0 Å². The van der Waals surface area contributed by atoms with Crippen LogP contribution in [0.1, 0.15) is 23.7 Å². The number of ether oxygens (including phenoxy) is 1. The van der Waals surface area contributed by atoms with Gasteiger partial charge in [-0.3, -0.25) is 0 Å². The predicted octanol–water partition coefficient (Wildman–Crippen LogP) is 6.14. The van der Waals surface area contributed by atoms with E-state index in [1.807, 2.05) is 0 Å². The van der Waals surface area contributed by atoms with Crippen molar-refractivity contribution in [2.45, 2.75) is 13.1 Å². The van der Waals surface area contributed by atoms with Crippen molar-refractivity contribution < 1.29 is 34.3 Å². The maximum absolute atomic E-state index is 13.5. The fourth-order valence-corrected chi connectivity index (χ4v) is 4.10. The maximum atomic E-state index is 13.5. The molecule has 2 heterocycles. The first-order chi connectivity index (χ1) is 22.7. The van der Waals surface area contributed by atoms with Gasteiger partial charge in [-0.05, 0) is 66.2 Å². The van der Waals surface area contributed by atoms with Crippen molar-refractivity contribution >= 4 is 43.8 Å². The third kappa shape index (κ3) is 7.15. The number of furan rings is 1. The van der Waals surface area contributed by atoms with E-state index >= 15 is 0 Å². The second kappa shape index (κ2) is 12.0. The Kier molecular flexibility index (Phi) is 5.53. The Morgan fingerprint density at radius 3 is 2.83 bits per heavy atom. The van der Waals surface area contributed by atoms with E-state index in [9.17, 15) is 12.8 Å². The standard InChI is InChI=1S/C29H26ClFN4O4S/c1-40(36,37)12-11-32-16-23-7-10-27(39-23)20-5-8-26-24(14-20)29(34-18-33-26)35-22-6-9-28(25(30)15-22)38-17-19-3-2-4-21(31)13-19/h2-10,13-15,18,32H,11-12,16-17H2,1H3,(H,33,34,35)/i1D3,11D2,12D2,16D2. The number of sulfone groups is 1. The molecule has 206 valence electrons. The maximum Gasteiger partial charge on any atom is 0.148 e. The number of hydrogen-bond acceptors (Lipinski definition) is 8. The Bertz CT molecular complexity index is 2130. The summed E-state index contributed by atoms with van der Waals surface area (Å²) in [5.41, 5.74) is -1.95. The van der Waals surface area contributed by atoms with Crippen molar-refractivity contribution in [3.8, 4) is 17.1 Å². The van der Waals surface area contributed by atoms with Crippen LogP contribution in [0, 0.1) is 5.82 Å². The molecule has 5 aromatic rings. The van der Waals surface area contributed by atoms with Gasteiger partial charge in [0, 0.05) is 38.9 Å². The first-order valence-corrected chi connectivity index (χ1v) is 13.4. The molecule has 0 fully saturated rings. The van der Waals surface area contributed by atoms with E-state index in [1.54, 1.807) is 53.8 Å². The minimum absolute atomic E-state index is 0.0962. The number of rotatable bonds is 11. The van der Waals surface area contributed by atoms with Gasteiger partial charge in [0.1, 0.15) is 51.7 Å². The summed E-state index contributed by atoms with van der Waals surface area (Å²) in [7, 11) is -5.74. The van der Waals surface area contributed by atoms with Gasteiger partial charge in [-0.1, -0.05) is 23.7 Å². The molecule has 0 saturated heterocycles. The lowest BCUT2D eigenvalue weighted by molar-refractivity contribution is 0.306. The zero-order valence-electron chi connectivity index (χ0n) is 29.4. The Balaban J connectivity index is 1.36. The van der Waals surface area contributed by atoms with Crippen molar-refractivity contribution in [1.82, 2.24) is 15.3 Å². The van der Waals surface area contributed by atoms with Gasteiger partial charge in [0.15, 0.2) is 0 Å². The van der Waals surface area contributed by atoms with Gasteiger partial charge in [0.2, 0.25) is 0 Å². The molecular formula is C29H26ClFN4O4S. The van der Waals surface area contributed by atoms with Crippen LogP contribution in [-0.4, -0.2) is 36.8 Å². The van der Waals surface area contributed by atoms with Crippen LogP contribution in [0.15, 0.2) is 83.5 Å². The second-order valence-corrected chi connectivity index (χ2v) is 9.91. The molecule has 11 heteroatoms. The van der Waals surface area contributed by atoms with Gasteiger partial charge < -0.3 is 19.8 Å². The number of fused-ring (bicyclic) bond motifs is 1. The number of hydrogen-bond donors (Lipinski definition) is 2. The zero-order chi connectivity index (χ0) is 36.0. The highest BCUT2D eigenvalue weighted by Gasteiger charge is 2.11. The molecule has 0 amide bonds. The average molecular weight is 590 g/mol. The highest BCUT2D eigenvalue weighted by Crippen LogP contribution is 2.32. The molecule has 0 aliphatic heterocycles. The van der Waals surface area contributed by atoms with Crippen molar-refractivity contribution in [3.05, 3.63) is 101 Å². The molecule has 2 aromatic heterocycles. The average Bonchev–Trinajstić information content (AvgIpc) is 3.51. The minimum Gasteiger partial charge on any atom is -0.487 e. The summed E-state index contributed by atoms with van der Waals surface area (Å²) in [4.78, 5) is 8.58. The highest BCUT2D eigenvalue weighted by atomic mass is 35.5. The lowest BCUT2D eigenvalue weighted by Crippen LogP contribution is -2.21. The fraction of sp³-hybridized carbons (Fsp3) is 0.172. The number of halogens is 2. The molecule has 0 unspecified atom stereocenters. The van der Waals surface area contributed by atoms with Crippen LogP contribution in [0.2, 0.25) is 5.02 Å². The molecule has 0 bridgehead atoms.